The molecule has 0 bridgehead atoms. The summed E-state index contributed by atoms with van der Waals surface area (Å²) in [4.78, 5) is 26.9. The van der Waals surface area contributed by atoms with Gasteiger partial charge in [-0.2, -0.15) is 0 Å². The van der Waals surface area contributed by atoms with Crippen LogP contribution < -0.4 is 15.4 Å². The van der Waals surface area contributed by atoms with Crippen LogP contribution in [-0.4, -0.2) is 55.0 Å². The normalized spacial score (nSPS) is 23.3. The molecule has 0 unspecified atom stereocenters. The summed E-state index contributed by atoms with van der Waals surface area (Å²) < 4.78 is 18.6. The van der Waals surface area contributed by atoms with Crippen LogP contribution >= 0.6 is 0 Å². The minimum Gasteiger partial charge on any atom is -0.497 e. The number of nitrogens with one attached hydrogen (secondary N) is 2. The molecule has 0 atom stereocenters. The second-order valence-corrected chi connectivity index (χ2v) is 9.15. The van der Waals surface area contributed by atoms with E-state index in [2.05, 4.69) is 24.5 Å². The number of methoxy groups -OCH3 is 1. The van der Waals surface area contributed by atoms with Crippen LogP contribution in [0.5, 0.6) is 5.75 Å². The van der Waals surface area contributed by atoms with E-state index in [0.717, 1.165) is 45.1 Å². The lowest BCUT2D eigenvalue weighted by Crippen LogP contribution is -2.48. The van der Waals surface area contributed by atoms with E-state index in [-0.39, 0.29) is 22.9 Å². The van der Waals surface area contributed by atoms with Gasteiger partial charge in [-0.3, -0.25) is 9.59 Å². The van der Waals surface area contributed by atoms with Crippen molar-refractivity contribution in [1.82, 2.24) is 15.5 Å². The molecule has 7 heteroatoms. The highest BCUT2D eigenvalue weighted by Crippen LogP contribution is 2.28. The maximum Gasteiger partial charge on any atom is 0.251 e. The molecule has 2 amide bonds. The van der Waals surface area contributed by atoms with Crippen LogP contribution in [0.1, 0.15) is 62.7 Å². The summed E-state index contributed by atoms with van der Waals surface area (Å²) in [5, 5.41) is 6.35. The molecular weight excluding hydrogens is 385 g/mol. The topological polar surface area (TPSA) is 70.7 Å². The fraction of sp³-hybridized carbons (Fsp3) is 0.652. The zero-order chi connectivity index (χ0) is 21.7. The first kappa shape index (κ1) is 22.5. The lowest BCUT2D eigenvalue weighted by molar-refractivity contribution is -0.133. The second kappa shape index (κ2) is 9.77. The van der Waals surface area contributed by atoms with E-state index in [1.165, 1.54) is 25.3 Å². The summed E-state index contributed by atoms with van der Waals surface area (Å²) in [5.74, 6) is 0.150. The van der Waals surface area contributed by atoms with E-state index in [1.54, 1.807) is 0 Å². The molecule has 6 nitrogen and oxygen atoms in total. The van der Waals surface area contributed by atoms with E-state index < -0.39 is 5.82 Å². The highest BCUT2D eigenvalue weighted by molar-refractivity contribution is 5.94. The lowest BCUT2D eigenvalue weighted by Gasteiger charge is -2.33. The van der Waals surface area contributed by atoms with Gasteiger partial charge in [0.15, 0.2) is 0 Å². The Balaban J connectivity index is 1.38. The number of halogens is 1. The molecule has 30 heavy (non-hydrogen) atoms. The maximum atomic E-state index is 13.6. The molecule has 1 heterocycles. The molecule has 0 spiro atoms. The Morgan fingerprint density at radius 3 is 2.57 bits per heavy atom. The fourth-order valence-electron chi connectivity index (χ4n) is 4.62. The van der Waals surface area contributed by atoms with Crippen molar-refractivity contribution in [2.45, 2.75) is 64.0 Å². The van der Waals surface area contributed by atoms with E-state index in [1.807, 2.05) is 4.90 Å². The maximum absolute atomic E-state index is 13.6. The van der Waals surface area contributed by atoms with Crippen LogP contribution in [0, 0.1) is 11.7 Å². The summed E-state index contributed by atoms with van der Waals surface area (Å²) >= 11 is 0. The van der Waals surface area contributed by atoms with Gasteiger partial charge >= 0.3 is 0 Å². The van der Waals surface area contributed by atoms with Gasteiger partial charge in [0.25, 0.3) is 5.91 Å². The molecule has 0 radical (unpaired) electrons. The Morgan fingerprint density at radius 1 is 1.20 bits per heavy atom. The largest absolute Gasteiger partial charge is 0.497 e. The predicted octanol–water partition coefficient (Wildman–Crippen LogP) is 3.11. The number of carbonyl (C=O) groups is 2. The Morgan fingerprint density at radius 2 is 1.93 bits per heavy atom. The van der Waals surface area contributed by atoms with Crippen molar-refractivity contribution in [3.63, 3.8) is 0 Å². The smallest absolute Gasteiger partial charge is 0.251 e. The number of rotatable bonds is 7. The van der Waals surface area contributed by atoms with Crippen molar-refractivity contribution in [3.05, 3.63) is 29.6 Å². The van der Waals surface area contributed by atoms with Gasteiger partial charge in [-0.25, -0.2) is 4.39 Å². The average molecular weight is 420 g/mol. The average Bonchev–Trinajstić information content (AvgIpc) is 3.09. The molecule has 2 aliphatic rings. The Bertz CT molecular complexity index is 760. The molecule has 1 saturated carbocycles. The SMILES string of the molecule is COc1cc(F)cc(C(=O)NC[C@H]2CC[C@@H](NCC(=O)N3CCCC3(C)C)CC2)c1. The molecule has 1 saturated heterocycles. The third-order valence-corrected chi connectivity index (χ3v) is 6.51. The van der Waals surface area contributed by atoms with Gasteiger partial charge in [-0.1, -0.05) is 0 Å². The second-order valence-electron chi connectivity index (χ2n) is 9.15. The zero-order valence-corrected chi connectivity index (χ0v) is 18.3. The van der Waals surface area contributed by atoms with Crippen molar-refractivity contribution < 1.29 is 18.7 Å². The fourth-order valence-corrected chi connectivity index (χ4v) is 4.62. The Kier molecular flexibility index (Phi) is 7.34. The number of ether oxygens (including phenoxy) is 1. The van der Waals surface area contributed by atoms with Crippen LogP contribution in [0.3, 0.4) is 0 Å². The monoisotopic (exact) mass is 419 g/mol. The lowest BCUT2D eigenvalue weighted by atomic mass is 9.86. The van der Waals surface area contributed by atoms with Crippen molar-refractivity contribution in [2.75, 3.05) is 26.7 Å². The van der Waals surface area contributed by atoms with Crippen LogP contribution in [-0.2, 0) is 4.79 Å². The molecular formula is C23H34FN3O3. The summed E-state index contributed by atoms with van der Waals surface area (Å²) in [6, 6.07) is 4.36. The van der Waals surface area contributed by atoms with Gasteiger partial charge in [-0.15, -0.1) is 0 Å². The summed E-state index contributed by atoms with van der Waals surface area (Å²) in [5.41, 5.74) is 0.242. The molecule has 1 aliphatic heterocycles. The van der Waals surface area contributed by atoms with Gasteiger partial charge < -0.3 is 20.3 Å². The molecule has 1 aliphatic carbocycles. The number of hydrogen-bond donors (Lipinski definition) is 2. The van der Waals surface area contributed by atoms with Gasteiger partial charge in [0.1, 0.15) is 11.6 Å². The van der Waals surface area contributed by atoms with Crippen LogP contribution in [0.25, 0.3) is 0 Å². The predicted molar refractivity (Wildman–Crippen MR) is 114 cm³/mol. The third-order valence-electron chi connectivity index (χ3n) is 6.51. The summed E-state index contributed by atoms with van der Waals surface area (Å²) in [6.07, 6.45) is 6.12. The van der Waals surface area contributed by atoms with Gasteiger partial charge in [0, 0.05) is 36.3 Å². The zero-order valence-electron chi connectivity index (χ0n) is 18.3. The van der Waals surface area contributed by atoms with E-state index >= 15 is 0 Å². The van der Waals surface area contributed by atoms with Gasteiger partial charge in [0.05, 0.1) is 13.7 Å². The molecule has 3 rings (SSSR count). The van der Waals surface area contributed by atoms with E-state index in [4.69, 9.17) is 4.74 Å². The Labute approximate surface area is 178 Å². The summed E-state index contributed by atoms with van der Waals surface area (Å²) in [7, 11) is 1.45. The molecule has 2 fully saturated rings. The molecule has 1 aromatic rings. The van der Waals surface area contributed by atoms with Crippen molar-refractivity contribution >= 4 is 11.8 Å². The molecule has 2 N–H and O–H groups in total. The first-order valence-corrected chi connectivity index (χ1v) is 10.9. The van der Waals surface area contributed by atoms with Crippen molar-refractivity contribution in [2.24, 2.45) is 5.92 Å². The minimum atomic E-state index is -0.488. The standard InChI is InChI=1S/C23H34FN3O3/c1-23(2)9-4-10-27(23)21(28)15-25-19-7-5-16(6-8-19)14-26-22(29)17-11-18(24)13-20(12-17)30-3/h11-13,16,19,25H,4-10,14-15H2,1-3H3,(H,26,29)/t16-,19+. The number of hydrogen-bond acceptors (Lipinski definition) is 4. The molecule has 0 aromatic heterocycles. The van der Waals surface area contributed by atoms with E-state index in [0.29, 0.717) is 30.8 Å². The number of amides is 2. The summed E-state index contributed by atoms with van der Waals surface area (Å²) in [6.45, 7) is 6.11. The van der Waals surface area contributed by atoms with E-state index in [9.17, 15) is 14.0 Å². The van der Waals surface area contributed by atoms with Crippen LogP contribution in [0.2, 0.25) is 0 Å². The number of benzene rings is 1. The van der Waals surface area contributed by atoms with Gasteiger partial charge in [0.2, 0.25) is 5.91 Å². The minimum absolute atomic E-state index is 0.0275. The first-order valence-electron chi connectivity index (χ1n) is 10.9. The number of carbonyl (C=O) groups excluding carboxylic acids is 2. The first-order chi connectivity index (χ1) is 14.3. The van der Waals surface area contributed by atoms with Crippen LogP contribution in [0.4, 0.5) is 4.39 Å². The number of likely N-dealkylation sites (tertiary alicyclic amines) is 1. The third kappa shape index (κ3) is 5.72. The van der Waals surface area contributed by atoms with Gasteiger partial charge in [-0.05, 0) is 70.4 Å². The molecule has 166 valence electrons. The van der Waals surface area contributed by atoms with Crippen molar-refractivity contribution in [1.29, 1.82) is 0 Å². The van der Waals surface area contributed by atoms with Crippen molar-refractivity contribution in [3.8, 4) is 5.75 Å². The highest BCUT2D eigenvalue weighted by atomic mass is 19.1. The molecule has 1 aromatic carbocycles. The Hall–Kier alpha value is -2.15. The highest BCUT2D eigenvalue weighted by Gasteiger charge is 2.35. The quantitative estimate of drug-likeness (QED) is 0.713. The number of nitrogens with zero attached hydrogens (tertiary/aromatic N) is 1. The van der Waals surface area contributed by atoms with Crippen LogP contribution in [0.15, 0.2) is 18.2 Å².